The number of rotatable bonds is 5. The summed E-state index contributed by atoms with van der Waals surface area (Å²) in [7, 11) is 0. The number of amides is 1. The molecule has 0 aliphatic carbocycles. The topological polar surface area (TPSA) is 51.2 Å². The molecule has 2 aromatic carbocycles. The molecule has 3 rings (SSSR count). The van der Waals surface area contributed by atoms with Gasteiger partial charge in [0.1, 0.15) is 28.1 Å². The van der Waals surface area contributed by atoms with Gasteiger partial charge in [0.25, 0.3) is 5.91 Å². The first kappa shape index (κ1) is 17.8. The molecule has 25 heavy (non-hydrogen) atoms. The third-order valence-corrected chi connectivity index (χ3v) is 5.17. The molecule has 0 atom stereocenters. The van der Waals surface area contributed by atoms with Crippen molar-refractivity contribution in [2.75, 3.05) is 5.32 Å². The SMILES string of the molecule is Cc1nc(COc2ccc(F)cc2)sc1C(=O)Nc1ccc(I)cc1. The fourth-order valence-corrected chi connectivity index (χ4v) is 3.35. The van der Waals surface area contributed by atoms with E-state index in [9.17, 15) is 9.18 Å². The second-order valence-corrected chi connectivity index (χ2v) is 7.56. The highest BCUT2D eigenvalue weighted by atomic mass is 127. The van der Waals surface area contributed by atoms with Gasteiger partial charge in [-0.2, -0.15) is 0 Å². The second-order valence-electron chi connectivity index (χ2n) is 5.23. The number of carbonyl (C=O) groups is 1. The third-order valence-electron chi connectivity index (χ3n) is 3.33. The molecule has 0 spiro atoms. The highest BCUT2D eigenvalue weighted by molar-refractivity contribution is 14.1. The van der Waals surface area contributed by atoms with Gasteiger partial charge >= 0.3 is 0 Å². The minimum atomic E-state index is -0.313. The maximum absolute atomic E-state index is 12.9. The van der Waals surface area contributed by atoms with Crippen LogP contribution in [0.4, 0.5) is 10.1 Å². The van der Waals surface area contributed by atoms with E-state index in [-0.39, 0.29) is 18.3 Å². The Balaban J connectivity index is 1.65. The first-order valence-corrected chi connectivity index (χ1v) is 9.32. The summed E-state index contributed by atoms with van der Waals surface area (Å²) in [5.41, 5.74) is 1.40. The van der Waals surface area contributed by atoms with E-state index in [2.05, 4.69) is 32.9 Å². The molecule has 128 valence electrons. The van der Waals surface area contributed by atoms with Crippen LogP contribution in [0.25, 0.3) is 0 Å². The fraction of sp³-hybridized carbons (Fsp3) is 0.111. The molecule has 1 amide bonds. The smallest absolute Gasteiger partial charge is 0.267 e. The predicted molar refractivity (Wildman–Crippen MR) is 105 cm³/mol. The van der Waals surface area contributed by atoms with Crippen LogP contribution in [0.15, 0.2) is 48.5 Å². The standard InChI is InChI=1S/C18H14FIN2O2S/c1-11-17(18(23)22-14-6-4-13(20)5-7-14)25-16(21-11)10-24-15-8-2-12(19)3-9-15/h2-9H,10H2,1H3,(H,22,23). The Morgan fingerprint density at radius 2 is 1.88 bits per heavy atom. The highest BCUT2D eigenvalue weighted by Crippen LogP contribution is 2.22. The number of thiazole rings is 1. The lowest BCUT2D eigenvalue weighted by molar-refractivity contribution is 0.103. The molecule has 0 aliphatic rings. The van der Waals surface area contributed by atoms with Crippen molar-refractivity contribution >= 4 is 45.5 Å². The maximum atomic E-state index is 12.9. The molecule has 4 nitrogen and oxygen atoms in total. The highest BCUT2D eigenvalue weighted by Gasteiger charge is 2.16. The number of nitrogens with one attached hydrogen (secondary N) is 1. The molecule has 7 heteroatoms. The van der Waals surface area contributed by atoms with Crippen molar-refractivity contribution < 1.29 is 13.9 Å². The summed E-state index contributed by atoms with van der Waals surface area (Å²) in [6, 6.07) is 13.4. The summed E-state index contributed by atoms with van der Waals surface area (Å²) in [4.78, 5) is 17.3. The van der Waals surface area contributed by atoms with Crippen LogP contribution in [0, 0.1) is 16.3 Å². The fourth-order valence-electron chi connectivity index (χ4n) is 2.12. The van der Waals surface area contributed by atoms with E-state index >= 15 is 0 Å². The monoisotopic (exact) mass is 468 g/mol. The minimum absolute atomic E-state index is 0.191. The molecule has 0 bridgehead atoms. The molecule has 1 aromatic heterocycles. The van der Waals surface area contributed by atoms with E-state index in [1.54, 1.807) is 19.1 Å². The summed E-state index contributed by atoms with van der Waals surface area (Å²) >= 11 is 3.50. The minimum Gasteiger partial charge on any atom is -0.486 e. The molecule has 1 heterocycles. The lowest BCUT2D eigenvalue weighted by Gasteiger charge is -2.04. The normalized spacial score (nSPS) is 10.5. The number of carbonyl (C=O) groups excluding carboxylic acids is 1. The van der Waals surface area contributed by atoms with E-state index in [4.69, 9.17) is 4.74 Å². The maximum Gasteiger partial charge on any atom is 0.267 e. The van der Waals surface area contributed by atoms with Gasteiger partial charge in [-0.25, -0.2) is 9.37 Å². The lowest BCUT2D eigenvalue weighted by atomic mass is 10.3. The zero-order valence-electron chi connectivity index (χ0n) is 13.3. The second kappa shape index (κ2) is 7.92. The Kier molecular flexibility index (Phi) is 5.64. The number of halogens is 2. The molecule has 0 radical (unpaired) electrons. The molecule has 0 saturated heterocycles. The number of aryl methyl sites for hydroxylation is 1. The first-order valence-electron chi connectivity index (χ1n) is 7.43. The van der Waals surface area contributed by atoms with E-state index in [1.165, 1.54) is 23.5 Å². The molecule has 0 unspecified atom stereocenters. The van der Waals surface area contributed by atoms with Gasteiger partial charge in [0.15, 0.2) is 0 Å². The van der Waals surface area contributed by atoms with Gasteiger partial charge < -0.3 is 10.1 Å². The van der Waals surface area contributed by atoms with Gasteiger partial charge in [-0.3, -0.25) is 4.79 Å². The van der Waals surface area contributed by atoms with Crippen LogP contribution in [0.3, 0.4) is 0 Å². The number of hydrogen-bond acceptors (Lipinski definition) is 4. The van der Waals surface area contributed by atoms with Crippen LogP contribution in [0.1, 0.15) is 20.4 Å². The number of benzene rings is 2. The van der Waals surface area contributed by atoms with Crippen LogP contribution in [-0.2, 0) is 6.61 Å². The van der Waals surface area contributed by atoms with E-state index in [0.29, 0.717) is 21.3 Å². The number of hydrogen-bond donors (Lipinski definition) is 1. The van der Waals surface area contributed by atoms with Crippen molar-refractivity contribution in [1.29, 1.82) is 0 Å². The van der Waals surface area contributed by atoms with Gasteiger partial charge in [0.05, 0.1) is 5.69 Å². The number of aromatic nitrogens is 1. The average Bonchev–Trinajstić information content (AvgIpc) is 2.97. The number of anilines is 1. The summed E-state index contributed by atoms with van der Waals surface area (Å²) in [5, 5.41) is 3.55. The quantitative estimate of drug-likeness (QED) is 0.535. The molecule has 0 fully saturated rings. The van der Waals surface area contributed by atoms with E-state index in [1.807, 2.05) is 24.3 Å². The summed E-state index contributed by atoms with van der Waals surface area (Å²) in [6.45, 7) is 2.02. The van der Waals surface area contributed by atoms with Crippen molar-refractivity contribution in [2.24, 2.45) is 0 Å². The molecule has 0 aliphatic heterocycles. The molecule has 0 saturated carbocycles. The summed E-state index contributed by atoms with van der Waals surface area (Å²) in [6.07, 6.45) is 0. The average molecular weight is 468 g/mol. The van der Waals surface area contributed by atoms with Crippen molar-refractivity contribution in [1.82, 2.24) is 4.98 Å². The van der Waals surface area contributed by atoms with Gasteiger partial charge in [0.2, 0.25) is 0 Å². The molecular formula is C18H14FIN2O2S. The predicted octanol–water partition coefficient (Wildman–Crippen LogP) is 5.03. The van der Waals surface area contributed by atoms with Gasteiger partial charge in [-0.05, 0) is 78.0 Å². The number of ether oxygens (including phenoxy) is 1. The molecular weight excluding hydrogens is 454 g/mol. The van der Waals surface area contributed by atoms with Crippen LogP contribution in [-0.4, -0.2) is 10.9 Å². The zero-order valence-corrected chi connectivity index (χ0v) is 16.2. The van der Waals surface area contributed by atoms with E-state index < -0.39 is 0 Å². The Labute approximate surface area is 162 Å². The van der Waals surface area contributed by atoms with Crippen LogP contribution >= 0.6 is 33.9 Å². The van der Waals surface area contributed by atoms with Gasteiger partial charge in [-0.1, -0.05) is 0 Å². The van der Waals surface area contributed by atoms with Crippen LogP contribution in [0.5, 0.6) is 5.75 Å². The van der Waals surface area contributed by atoms with Gasteiger partial charge in [0, 0.05) is 9.26 Å². The van der Waals surface area contributed by atoms with Crippen molar-refractivity contribution in [3.8, 4) is 5.75 Å². The molecule has 1 N–H and O–H groups in total. The van der Waals surface area contributed by atoms with Crippen molar-refractivity contribution in [3.05, 3.63) is 73.5 Å². The molecule has 3 aromatic rings. The van der Waals surface area contributed by atoms with Crippen LogP contribution in [0.2, 0.25) is 0 Å². The Morgan fingerprint density at radius 3 is 2.56 bits per heavy atom. The third kappa shape index (κ3) is 4.76. The first-order chi connectivity index (χ1) is 12.0. The Bertz CT molecular complexity index is 879. The number of nitrogens with zero attached hydrogens (tertiary/aromatic N) is 1. The van der Waals surface area contributed by atoms with E-state index in [0.717, 1.165) is 9.26 Å². The Morgan fingerprint density at radius 1 is 1.20 bits per heavy atom. The Hall–Kier alpha value is -2.00. The summed E-state index contributed by atoms with van der Waals surface area (Å²) in [5.74, 6) is 0.0513. The lowest BCUT2D eigenvalue weighted by Crippen LogP contribution is -2.11. The van der Waals surface area contributed by atoms with Crippen molar-refractivity contribution in [2.45, 2.75) is 13.5 Å². The summed E-state index contributed by atoms with van der Waals surface area (Å²) < 4.78 is 19.6. The van der Waals surface area contributed by atoms with Crippen molar-refractivity contribution in [3.63, 3.8) is 0 Å². The van der Waals surface area contributed by atoms with Gasteiger partial charge in [-0.15, -0.1) is 11.3 Å². The van der Waals surface area contributed by atoms with Crippen LogP contribution < -0.4 is 10.1 Å². The largest absolute Gasteiger partial charge is 0.486 e. The zero-order chi connectivity index (χ0) is 17.8.